The van der Waals surface area contributed by atoms with E-state index in [-0.39, 0.29) is 24.8 Å². The average Bonchev–Trinajstić information content (AvgIpc) is 2.78. The largest absolute Gasteiger partial charge is 0.471 e. The molecule has 1 aliphatic heterocycles. The highest BCUT2D eigenvalue weighted by Crippen LogP contribution is 2.31. The summed E-state index contributed by atoms with van der Waals surface area (Å²) < 4.78 is 52.8. The molecule has 3 heterocycles. The van der Waals surface area contributed by atoms with Crippen molar-refractivity contribution in [1.82, 2.24) is 19.9 Å². The monoisotopic (exact) mass is 461 g/mol. The van der Waals surface area contributed by atoms with E-state index >= 15 is 0 Å². The predicted octanol–water partition coefficient (Wildman–Crippen LogP) is 5.00. The molecule has 0 radical (unpaired) electrons. The smallest absolute Gasteiger partial charge is 0.344 e. The van der Waals surface area contributed by atoms with E-state index in [0.717, 1.165) is 4.90 Å². The van der Waals surface area contributed by atoms with Gasteiger partial charge in [-0.2, -0.15) is 13.2 Å². The number of nitrogens with one attached hydrogen (secondary N) is 1. The minimum atomic E-state index is -4.92. The van der Waals surface area contributed by atoms with Gasteiger partial charge in [-0.1, -0.05) is 6.92 Å². The predicted molar refractivity (Wildman–Crippen MR) is 115 cm³/mol. The number of carbonyl (C=O) groups is 1. The zero-order valence-electron chi connectivity index (χ0n) is 17.9. The van der Waals surface area contributed by atoms with Crippen LogP contribution in [0.5, 0.6) is 0 Å². The summed E-state index contributed by atoms with van der Waals surface area (Å²) in [6.07, 6.45) is 2.81. The van der Waals surface area contributed by atoms with Crippen LogP contribution in [-0.2, 0) is 4.79 Å². The van der Waals surface area contributed by atoms with E-state index in [1.165, 1.54) is 12.2 Å². The van der Waals surface area contributed by atoms with Crippen molar-refractivity contribution in [3.8, 4) is 11.3 Å². The molecule has 1 aliphatic carbocycles. The molecule has 1 amide bonds. The van der Waals surface area contributed by atoms with Crippen LogP contribution in [0.25, 0.3) is 11.3 Å². The number of amides is 1. The molecule has 0 saturated carbocycles. The van der Waals surface area contributed by atoms with E-state index in [2.05, 4.69) is 20.3 Å². The quantitative estimate of drug-likeness (QED) is 0.650. The zero-order valence-corrected chi connectivity index (χ0v) is 17.9. The lowest BCUT2D eigenvalue weighted by molar-refractivity contribution is -0.186. The first-order chi connectivity index (χ1) is 15.7. The summed E-state index contributed by atoms with van der Waals surface area (Å²) in [6.45, 7) is 1.82. The molecule has 2 unspecified atom stereocenters. The maximum atomic E-state index is 13.9. The van der Waals surface area contributed by atoms with Crippen LogP contribution in [0.4, 0.5) is 23.4 Å². The lowest BCUT2D eigenvalue weighted by Crippen LogP contribution is -2.46. The highest BCUT2D eigenvalue weighted by atomic mass is 19.4. The van der Waals surface area contributed by atoms with Crippen molar-refractivity contribution in [2.24, 2.45) is 5.92 Å². The standard InChI is InChI=1S/C23H23F4N5O/c1-14-8-17(24)10-18(9-14)29-20-11-19(15-4-2-6-28-12-15)30-21(31-20)16-5-3-7-32(13-16)22(33)23(25,26)27/h2,4,6,8,10-12,14,16H,3,5,7,9,13H2,1H3,(H,29,30,31). The van der Waals surface area contributed by atoms with Gasteiger partial charge in [0, 0.05) is 48.7 Å². The van der Waals surface area contributed by atoms with Crippen LogP contribution in [0, 0.1) is 5.92 Å². The molecule has 2 atom stereocenters. The lowest BCUT2D eigenvalue weighted by atomic mass is 9.96. The lowest BCUT2D eigenvalue weighted by Gasteiger charge is -2.32. The highest BCUT2D eigenvalue weighted by Gasteiger charge is 2.44. The maximum absolute atomic E-state index is 13.9. The number of hydrogen-bond acceptors (Lipinski definition) is 5. The minimum absolute atomic E-state index is 0.0110. The molecule has 2 aromatic rings. The van der Waals surface area contributed by atoms with Crippen molar-refractivity contribution in [2.45, 2.75) is 38.3 Å². The third kappa shape index (κ3) is 5.55. The van der Waals surface area contributed by atoms with Gasteiger partial charge < -0.3 is 10.2 Å². The van der Waals surface area contributed by atoms with Gasteiger partial charge in [0.25, 0.3) is 0 Å². The Labute approximate surface area is 188 Å². The number of anilines is 1. The Morgan fingerprint density at radius 1 is 1.27 bits per heavy atom. The van der Waals surface area contributed by atoms with Crippen molar-refractivity contribution < 1.29 is 22.4 Å². The Balaban J connectivity index is 1.66. The fourth-order valence-corrected chi connectivity index (χ4v) is 4.13. The van der Waals surface area contributed by atoms with Crippen LogP contribution in [0.1, 0.15) is 37.9 Å². The van der Waals surface area contributed by atoms with Crippen molar-refractivity contribution in [3.05, 3.63) is 60.1 Å². The normalized spacial score (nSPS) is 21.3. The van der Waals surface area contributed by atoms with E-state index in [0.29, 0.717) is 47.9 Å². The fraction of sp³-hybridized carbons (Fsp3) is 0.391. The molecule has 10 heteroatoms. The highest BCUT2D eigenvalue weighted by molar-refractivity contribution is 5.82. The molecule has 1 saturated heterocycles. The molecular formula is C23H23F4N5O. The summed E-state index contributed by atoms with van der Waals surface area (Å²) >= 11 is 0. The number of likely N-dealkylation sites (tertiary alicyclic amines) is 1. The van der Waals surface area contributed by atoms with Gasteiger partial charge in [-0.15, -0.1) is 0 Å². The molecule has 174 valence electrons. The molecule has 0 bridgehead atoms. The molecule has 1 N–H and O–H groups in total. The van der Waals surface area contributed by atoms with Gasteiger partial charge in [0.15, 0.2) is 0 Å². The van der Waals surface area contributed by atoms with Crippen LogP contribution in [-0.4, -0.2) is 45.0 Å². The number of carbonyl (C=O) groups excluding carboxylic acids is 1. The molecule has 2 aromatic heterocycles. The van der Waals surface area contributed by atoms with Gasteiger partial charge in [-0.3, -0.25) is 9.78 Å². The summed E-state index contributed by atoms with van der Waals surface area (Å²) in [4.78, 5) is 25.8. The van der Waals surface area contributed by atoms with E-state index in [1.807, 2.05) is 13.0 Å². The number of halogens is 4. The number of piperidine rings is 1. The zero-order chi connectivity index (χ0) is 23.6. The Morgan fingerprint density at radius 3 is 2.79 bits per heavy atom. The molecular weight excluding hydrogens is 438 g/mol. The first-order valence-electron chi connectivity index (χ1n) is 10.7. The van der Waals surface area contributed by atoms with E-state index < -0.39 is 18.0 Å². The van der Waals surface area contributed by atoms with Gasteiger partial charge >= 0.3 is 12.1 Å². The van der Waals surface area contributed by atoms with Crippen molar-refractivity contribution >= 4 is 11.7 Å². The van der Waals surface area contributed by atoms with Crippen molar-refractivity contribution in [1.29, 1.82) is 0 Å². The molecule has 6 nitrogen and oxygen atoms in total. The molecule has 4 rings (SSSR count). The molecule has 0 spiro atoms. The number of allylic oxidation sites excluding steroid dienone is 4. The first-order valence-corrected chi connectivity index (χ1v) is 10.7. The number of aromatic nitrogens is 3. The molecule has 33 heavy (non-hydrogen) atoms. The van der Waals surface area contributed by atoms with Gasteiger partial charge in [-0.25, -0.2) is 14.4 Å². The van der Waals surface area contributed by atoms with E-state index in [4.69, 9.17) is 0 Å². The fourth-order valence-electron chi connectivity index (χ4n) is 4.13. The average molecular weight is 461 g/mol. The van der Waals surface area contributed by atoms with Crippen molar-refractivity contribution in [3.63, 3.8) is 0 Å². The van der Waals surface area contributed by atoms with Gasteiger partial charge in [0.2, 0.25) is 0 Å². The first kappa shape index (κ1) is 22.9. The molecule has 1 fully saturated rings. The summed E-state index contributed by atoms with van der Waals surface area (Å²) in [7, 11) is 0. The molecule has 2 aliphatic rings. The third-order valence-corrected chi connectivity index (χ3v) is 5.60. The van der Waals surface area contributed by atoms with Crippen LogP contribution < -0.4 is 5.32 Å². The second-order valence-corrected chi connectivity index (χ2v) is 8.35. The maximum Gasteiger partial charge on any atom is 0.471 e. The van der Waals surface area contributed by atoms with Crippen LogP contribution in [0.3, 0.4) is 0 Å². The summed E-state index contributed by atoms with van der Waals surface area (Å²) in [5, 5.41) is 3.14. The van der Waals surface area contributed by atoms with Crippen LogP contribution in [0.2, 0.25) is 0 Å². The molecule has 0 aromatic carbocycles. The van der Waals surface area contributed by atoms with Crippen LogP contribution in [0.15, 0.2) is 54.3 Å². The SMILES string of the molecule is CC1C=C(F)C=C(Nc2cc(-c3cccnc3)nc(C3CCCN(C(=O)C(F)(F)F)C3)n2)C1. The van der Waals surface area contributed by atoms with E-state index in [1.54, 1.807) is 24.5 Å². The Bertz CT molecular complexity index is 1080. The second kappa shape index (κ2) is 9.29. The Kier molecular flexibility index (Phi) is 6.44. The van der Waals surface area contributed by atoms with Crippen LogP contribution >= 0.6 is 0 Å². The van der Waals surface area contributed by atoms with Crippen molar-refractivity contribution in [2.75, 3.05) is 18.4 Å². The van der Waals surface area contributed by atoms with Gasteiger partial charge in [-0.05, 0) is 49.5 Å². The number of rotatable bonds is 4. The third-order valence-electron chi connectivity index (χ3n) is 5.60. The summed E-state index contributed by atoms with van der Waals surface area (Å²) in [5.41, 5.74) is 1.89. The van der Waals surface area contributed by atoms with E-state index in [9.17, 15) is 22.4 Å². The summed E-state index contributed by atoms with van der Waals surface area (Å²) in [5.74, 6) is -1.90. The number of alkyl halides is 3. The number of pyridine rings is 1. The minimum Gasteiger partial charge on any atom is -0.344 e. The van der Waals surface area contributed by atoms with Gasteiger partial charge in [0.1, 0.15) is 17.5 Å². The second-order valence-electron chi connectivity index (χ2n) is 8.35. The topological polar surface area (TPSA) is 71.0 Å². The summed E-state index contributed by atoms with van der Waals surface area (Å²) in [6, 6.07) is 5.26. The number of nitrogens with zero attached hydrogens (tertiary/aromatic N) is 4. The Morgan fingerprint density at radius 2 is 2.09 bits per heavy atom. The van der Waals surface area contributed by atoms with Gasteiger partial charge in [0.05, 0.1) is 5.69 Å². The number of hydrogen-bond donors (Lipinski definition) is 1. The Hall–Kier alpha value is -3.30.